The fourth-order valence-corrected chi connectivity index (χ4v) is 3.45. The normalized spacial score (nSPS) is 16.5. The minimum absolute atomic E-state index is 0.181. The molecule has 0 fully saturated rings. The van der Waals surface area contributed by atoms with Gasteiger partial charge in [0.2, 0.25) is 0 Å². The van der Waals surface area contributed by atoms with E-state index in [0.29, 0.717) is 6.42 Å². The Bertz CT molecular complexity index is 931. The third-order valence-electron chi connectivity index (χ3n) is 4.77. The number of hydrogen-bond donors (Lipinski definition) is 2. The number of nitrogens with one attached hydrogen (secondary N) is 2. The summed E-state index contributed by atoms with van der Waals surface area (Å²) < 4.78 is 0. The van der Waals surface area contributed by atoms with Gasteiger partial charge in [0.15, 0.2) is 5.78 Å². The fourth-order valence-electron chi connectivity index (χ4n) is 3.45. The van der Waals surface area contributed by atoms with Crippen molar-refractivity contribution >= 4 is 22.8 Å². The zero-order chi connectivity index (χ0) is 18.5. The van der Waals surface area contributed by atoms with Crippen LogP contribution in [0.3, 0.4) is 0 Å². The zero-order valence-corrected chi connectivity index (χ0v) is 15.1. The Balaban J connectivity index is 1.43. The van der Waals surface area contributed by atoms with E-state index in [-0.39, 0.29) is 11.7 Å². The molecule has 1 atom stereocenters. The van der Waals surface area contributed by atoms with Gasteiger partial charge in [0.1, 0.15) is 0 Å². The first kappa shape index (κ1) is 17.1. The lowest BCUT2D eigenvalue weighted by Crippen LogP contribution is -2.16. The molecule has 3 nitrogen and oxygen atoms in total. The molecule has 0 amide bonds. The Morgan fingerprint density at radius 3 is 1.85 bits per heavy atom. The van der Waals surface area contributed by atoms with Gasteiger partial charge in [-0.15, -0.1) is 0 Å². The predicted octanol–water partition coefficient (Wildman–Crippen LogP) is 5.87. The lowest BCUT2D eigenvalue weighted by Gasteiger charge is -2.23. The van der Waals surface area contributed by atoms with E-state index in [9.17, 15) is 4.79 Å². The molecule has 3 aromatic carbocycles. The molecule has 1 aliphatic rings. The maximum absolute atomic E-state index is 12.2. The summed E-state index contributed by atoms with van der Waals surface area (Å²) in [6.45, 7) is 0. The van der Waals surface area contributed by atoms with Gasteiger partial charge in [-0.25, -0.2) is 0 Å². The molecule has 4 rings (SSSR count). The van der Waals surface area contributed by atoms with E-state index in [1.807, 2.05) is 72.8 Å². The van der Waals surface area contributed by atoms with Crippen molar-refractivity contribution in [3.8, 4) is 0 Å². The summed E-state index contributed by atoms with van der Waals surface area (Å²) in [4.78, 5) is 12.2. The molecule has 0 unspecified atom stereocenters. The topological polar surface area (TPSA) is 41.1 Å². The van der Waals surface area contributed by atoms with Crippen molar-refractivity contribution in [1.82, 2.24) is 0 Å². The van der Waals surface area contributed by atoms with Gasteiger partial charge in [0.25, 0.3) is 0 Å². The second-order valence-electron chi connectivity index (χ2n) is 6.85. The van der Waals surface area contributed by atoms with Crippen LogP contribution >= 0.6 is 0 Å². The highest BCUT2D eigenvalue weighted by atomic mass is 16.1. The van der Waals surface area contributed by atoms with Crippen LogP contribution in [-0.2, 0) is 4.79 Å². The van der Waals surface area contributed by atoms with E-state index in [0.717, 1.165) is 29.2 Å². The van der Waals surface area contributed by atoms with Crippen molar-refractivity contribution in [2.45, 2.75) is 18.8 Å². The predicted molar refractivity (Wildman–Crippen MR) is 111 cm³/mol. The minimum Gasteiger partial charge on any atom is -0.359 e. The molecule has 0 saturated heterocycles. The van der Waals surface area contributed by atoms with Gasteiger partial charge < -0.3 is 10.6 Å². The average Bonchev–Trinajstić information content (AvgIpc) is 2.71. The number of hydrogen-bond acceptors (Lipinski definition) is 3. The van der Waals surface area contributed by atoms with Crippen LogP contribution in [0.4, 0.5) is 17.1 Å². The molecular weight excluding hydrogens is 332 g/mol. The summed E-state index contributed by atoms with van der Waals surface area (Å²) in [5, 5.41) is 6.79. The largest absolute Gasteiger partial charge is 0.359 e. The van der Waals surface area contributed by atoms with E-state index >= 15 is 0 Å². The van der Waals surface area contributed by atoms with E-state index in [4.69, 9.17) is 0 Å². The first-order valence-electron chi connectivity index (χ1n) is 9.24. The molecule has 0 heterocycles. The van der Waals surface area contributed by atoms with Crippen molar-refractivity contribution in [3.05, 3.63) is 102 Å². The Hall–Kier alpha value is -3.33. The Labute approximate surface area is 159 Å². The van der Waals surface area contributed by atoms with Crippen molar-refractivity contribution in [2.24, 2.45) is 0 Å². The monoisotopic (exact) mass is 354 g/mol. The SMILES string of the molecule is O=C1C=C(Nc2ccc(Nc3ccccc3)cc2)C[C@@H](c2ccccc2)C1. The Kier molecular flexibility index (Phi) is 5.01. The number of allylic oxidation sites excluding steroid dienone is 2. The van der Waals surface area contributed by atoms with E-state index in [1.165, 1.54) is 5.56 Å². The number of benzene rings is 3. The van der Waals surface area contributed by atoms with E-state index in [1.54, 1.807) is 6.08 Å². The second kappa shape index (κ2) is 7.92. The van der Waals surface area contributed by atoms with Crippen LogP contribution in [0, 0.1) is 0 Å². The van der Waals surface area contributed by atoms with Gasteiger partial charge in [-0.1, -0.05) is 48.5 Å². The van der Waals surface area contributed by atoms with Crippen molar-refractivity contribution < 1.29 is 4.79 Å². The molecule has 0 saturated carbocycles. The molecule has 2 N–H and O–H groups in total. The molecule has 3 heteroatoms. The minimum atomic E-state index is 0.181. The van der Waals surface area contributed by atoms with Crippen LogP contribution in [0.15, 0.2) is 96.7 Å². The van der Waals surface area contributed by atoms with Crippen molar-refractivity contribution in [1.29, 1.82) is 0 Å². The van der Waals surface area contributed by atoms with Crippen LogP contribution in [0.1, 0.15) is 24.3 Å². The van der Waals surface area contributed by atoms with Crippen LogP contribution < -0.4 is 10.6 Å². The zero-order valence-electron chi connectivity index (χ0n) is 15.1. The second-order valence-corrected chi connectivity index (χ2v) is 6.85. The number of ketones is 1. The van der Waals surface area contributed by atoms with Gasteiger partial charge in [-0.05, 0) is 54.3 Å². The van der Waals surface area contributed by atoms with E-state index < -0.39 is 0 Å². The van der Waals surface area contributed by atoms with Crippen LogP contribution in [0.5, 0.6) is 0 Å². The van der Waals surface area contributed by atoms with Crippen molar-refractivity contribution in [2.75, 3.05) is 10.6 Å². The highest BCUT2D eigenvalue weighted by molar-refractivity contribution is 5.92. The molecular formula is C24H22N2O. The number of carbonyl (C=O) groups is 1. The maximum atomic E-state index is 12.2. The molecule has 0 aliphatic heterocycles. The lowest BCUT2D eigenvalue weighted by atomic mass is 9.85. The van der Waals surface area contributed by atoms with Gasteiger partial charge in [-0.3, -0.25) is 4.79 Å². The van der Waals surface area contributed by atoms with Gasteiger partial charge in [0, 0.05) is 35.3 Å². The standard InChI is InChI=1S/C24H22N2O/c27-24-16-19(18-7-3-1-4-8-18)15-23(17-24)26-22-13-11-21(12-14-22)25-20-9-5-2-6-10-20/h1-14,17,19,25-26H,15-16H2/t19-/m1/s1. The number of carbonyl (C=O) groups excluding carboxylic acids is 1. The summed E-state index contributed by atoms with van der Waals surface area (Å²) >= 11 is 0. The smallest absolute Gasteiger partial charge is 0.158 e. The quantitative estimate of drug-likeness (QED) is 0.602. The molecule has 0 radical (unpaired) electrons. The Morgan fingerprint density at radius 2 is 1.19 bits per heavy atom. The Morgan fingerprint density at radius 1 is 0.630 bits per heavy atom. The molecule has 27 heavy (non-hydrogen) atoms. The molecule has 0 aromatic heterocycles. The lowest BCUT2D eigenvalue weighted by molar-refractivity contribution is -0.115. The third kappa shape index (κ3) is 4.45. The van der Waals surface area contributed by atoms with Crippen LogP contribution in [-0.4, -0.2) is 5.78 Å². The van der Waals surface area contributed by atoms with Gasteiger partial charge in [-0.2, -0.15) is 0 Å². The number of anilines is 3. The average molecular weight is 354 g/mol. The first-order chi connectivity index (χ1) is 13.3. The number of para-hydroxylation sites is 1. The summed E-state index contributed by atoms with van der Waals surface area (Å²) in [7, 11) is 0. The van der Waals surface area contributed by atoms with Crippen LogP contribution in [0.2, 0.25) is 0 Å². The summed E-state index contributed by atoms with van der Waals surface area (Å²) in [6.07, 6.45) is 3.17. The third-order valence-corrected chi connectivity index (χ3v) is 4.77. The van der Waals surface area contributed by atoms with Crippen LogP contribution in [0.25, 0.3) is 0 Å². The maximum Gasteiger partial charge on any atom is 0.158 e. The van der Waals surface area contributed by atoms with Crippen molar-refractivity contribution in [3.63, 3.8) is 0 Å². The first-order valence-corrected chi connectivity index (χ1v) is 9.24. The fraction of sp³-hybridized carbons (Fsp3) is 0.125. The number of rotatable bonds is 5. The van der Waals surface area contributed by atoms with Gasteiger partial charge in [0.05, 0.1) is 0 Å². The highest BCUT2D eigenvalue weighted by Gasteiger charge is 2.22. The molecule has 134 valence electrons. The van der Waals surface area contributed by atoms with Gasteiger partial charge >= 0.3 is 0 Å². The summed E-state index contributed by atoms with van der Waals surface area (Å²) in [5.41, 5.74) is 5.28. The molecule has 3 aromatic rings. The highest BCUT2D eigenvalue weighted by Crippen LogP contribution is 2.32. The molecule has 0 bridgehead atoms. The molecule has 1 aliphatic carbocycles. The van der Waals surface area contributed by atoms with E-state index in [2.05, 4.69) is 22.8 Å². The molecule has 0 spiro atoms. The summed E-state index contributed by atoms with van der Waals surface area (Å²) in [6, 6.07) is 28.5. The summed E-state index contributed by atoms with van der Waals surface area (Å²) in [5.74, 6) is 0.421.